The number of halogens is 1. The van der Waals surface area contributed by atoms with Crippen molar-refractivity contribution in [2.24, 2.45) is 5.10 Å². The number of rotatable bonds is 7. The van der Waals surface area contributed by atoms with Crippen LogP contribution in [0.15, 0.2) is 76.7 Å². The molecule has 8 nitrogen and oxygen atoms in total. The van der Waals surface area contributed by atoms with E-state index in [1.807, 2.05) is 0 Å². The van der Waals surface area contributed by atoms with Gasteiger partial charge < -0.3 is 9.84 Å². The summed E-state index contributed by atoms with van der Waals surface area (Å²) in [5.74, 6) is -0.354. The molecule has 0 aliphatic heterocycles. The van der Waals surface area contributed by atoms with E-state index in [9.17, 15) is 18.3 Å². The van der Waals surface area contributed by atoms with Crippen LogP contribution < -0.4 is 14.9 Å². The van der Waals surface area contributed by atoms with E-state index in [2.05, 4.69) is 15.2 Å². The smallest absolute Gasteiger partial charge is 0.271 e. The number of hydrogen-bond acceptors (Lipinski definition) is 6. The monoisotopic (exact) mass is 459 g/mol. The molecule has 10 heteroatoms. The molecule has 0 aliphatic rings. The quantitative estimate of drug-likeness (QED) is 0.368. The van der Waals surface area contributed by atoms with Crippen LogP contribution in [-0.4, -0.2) is 32.8 Å². The highest BCUT2D eigenvalue weighted by molar-refractivity contribution is 7.92. The molecule has 0 saturated heterocycles. The van der Waals surface area contributed by atoms with Gasteiger partial charge in [0.1, 0.15) is 0 Å². The molecule has 160 valence electrons. The number of nitrogens with one attached hydrogen (secondary N) is 2. The molecule has 0 atom stereocenters. The van der Waals surface area contributed by atoms with Crippen molar-refractivity contribution in [1.82, 2.24) is 5.43 Å². The van der Waals surface area contributed by atoms with E-state index in [1.54, 1.807) is 24.3 Å². The minimum absolute atomic E-state index is 0.0659. The van der Waals surface area contributed by atoms with Gasteiger partial charge in [-0.05, 0) is 66.2 Å². The Hall–Kier alpha value is -3.56. The predicted octanol–water partition coefficient (Wildman–Crippen LogP) is 3.62. The molecule has 0 aliphatic carbocycles. The van der Waals surface area contributed by atoms with Crippen LogP contribution in [0.3, 0.4) is 0 Å². The zero-order valence-electron chi connectivity index (χ0n) is 16.2. The summed E-state index contributed by atoms with van der Waals surface area (Å²) in [7, 11) is -2.48. The first-order valence-electron chi connectivity index (χ1n) is 8.87. The van der Waals surface area contributed by atoms with Gasteiger partial charge in [-0.25, -0.2) is 13.8 Å². The number of carbonyl (C=O) groups is 1. The van der Waals surface area contributed by atoms with Crippen molar-refractivity contribution in [2.45, 2.75) is 4.90 Å². The fourth-order valence-electron chi connectivity index (χ4n) is 2.55. The van der Waals surface area contributed by atoms with Gasteiger partial charge in [0.05, 0.1) is 18.2 Å². The number of phenols is 1. The minimum Gasteiger partial charge on any atom is -0.504 e. The van der Waals surface area contributed by atoms with Crippen molar-refractivity contribution in [2.75, 3.05) is 11.8 Å². The Morgan fingerprint density at radius 1 is 1.10 bits per heavy atom. The highest BCUT2D eigenvalue weighted by Gasteiger charge is 2.16. The Morgan fingerprint density at radius 2 is 1.84 bits per heavy atom. The van der Waals surface area contributed by atoms with Gasteiger partial charge in [-0.3, -0.25) is 9.52 Å². The second kappa shape index (κ2) is 9.50. The number of nitrogens with zero attached hydrogens (tertiary/aromatic N) is 1. The fraction of sp³-hybridized carbons (Fsp3) is 0.0476. The Morgan fingerprint density at radius 3 is 2.52 bits per heavy atom. The summed E-state index contributed by atoms with van der Waals surface area (Å²) in [5.41, 5.74) is 3.29. The number of methoxy groups -OCH3 is 1. The van der Waals surface area contributed by atoms with Crippen LogP contribution in [0.4, 0.5) is 5.69 Å². The Labute approximate surface area is 184 Å². The molecule has 3 N–H and O–H groups in total. The van der Waals surface area contributed by atoms with E-state index in [1.165, 1.54) is 55.8 Å². The first-order chi connectivity index (χ1) is 14.8. The zero-order valence-corrected chi connectivity index (χ0v) is 17.8. The van der Waals surface area contributed by atoms with E-state index in [0.717, 1.165) is 0 Å². The largest absolute Gasteiger partial charge is 0.504 e. The van der Waals surface area contributed by atoms with Gasteiger partial charge >= 0.3 is 0 Å². The maximum absolute atomic E-state index is 12.6. The summed E-state index contributed by atoms with van der Waals surface area (Å²) in [6, 6.07) is 16.3. The van der Waals surface area contributed by atoms with Crippen molar-refractivity contribution in [3.63, 3.8) is 0 Å². The Bertz CT molecular complexity index is 1230. The lowest BCUT2D eigenvalue weighted by molar-refractivity contribution is 0.0955. The van der Waals surface area contributed by atoms with Gasteiger partial charge in [0.15, 0.2) is 11.5 Å². The number of aromatic hydroxyl groups is 1. The van der Waals surface area contributed by atoms with Crippen LogP contribution in [0.25, 0.3) is 0 Å². The number of hydrazone groups is 1. The molecular formula is C21H18ClN3O5S. The lowest BCUT2D eigenvalue weighted by atomic mass is 10.2. The number of sulfonamides is 1. The van der Waals surface area contributed by atoms with Crippen molar-refractivity contribution in [1.29, 1.82) is 0 Å². The minimum atomic E-state index is -3.91. The third-order valence-corrected chi connectivity index (χ3v) is 5.72. The number of carbonyl (C=O) groups excluding carboxylic acids is 1. The van der Waals surface area contributed by atoms with Gasteiger partial charge in [-0.15, -0.1) is 0 Å². The first kappa shape index (κ1) is 22.1. The summed E-state index contributed by atoms with van der Waals surface area (Å²) >= 11 is 5.81. The van der Waals surface area contributed by atoms with Crippen molar-refractivity contribution >= 4 is 39.4 Å². The summed E-state index contributed by atoms with van der Waals surface area (Å²) in [6.07, 6.45) is 1.33. The molecule has 0 bridgehead atoms. The molecule has 3 rings (SSSR count). The van der Waals surface area contributed by atoms with Gasteiger partial charge in [0.2, 0.25) is 0 Å². The average molecular weight is 460 g/mol. The van der Waals surface area contributed by atoms with Crippen LogP contribution in [0.1, 0.15) is 15.9 Å². The van der Waals surface area contributed by atoms with E-state index in [-0.39, 0.29) is 16.2 Å². The Balaban J connectivity index is 1.70. The number of amides is 1. The molecule has 0 aromatic heterocycles. The lowest BCUT2D eigenvalue weighted by Crippen LogP contribution is -2.19. The molecule has 0 radical (unpaired) electrons. The Kier molecular flexibility index (Phi) is 6.78. The lowest BCUT2D eigenvalue weighted by Gasteiger charge is -2.09. The molecule has 0 heterocycles. The maximum Gasteiger partial charge on any atom is 0.271 e. The zero-order chi connectivity index (χ0) is 22.4. The number of phenolic OH excluding ortho intramolecular Hbond substituents is 1. The van der Waals surface area contributed by atoms with Crippen LogP contribution in [0, 0.1) is 0 Å². The van der Waals surface area contributed by atoms with E-state index >= 15 is 0 Å². The third kappa shape index (κ3) is 5.74. The summed E-state index contributed by atoms with van der Waals surface area (Å²) < 4.78 is 32.6. The summed E-state index contributed by atoms with van der Waals surface area (Å²) in [4.78, 5) is 12.3. The number of benzene rings is 3. The molecule has 0 unspecified atom stereocenters. The second-order valence-electron chi connectivity index (χ2n) is 6.27. The summed E-state index contributed by atoms with van der Waals surface area (Å²) in [6.45, 7) is 0. The standard InChI is InChI=1S/C21H18ClN3O5S/c1-30-20-10-5-14(11-19(20)26)13-23-24-21(27)15-3-2-4-18(12-15)31(28,29)25-17-8-6-16(22)7-9-17/h2-13,25-26H,1H3,(H,24,27). The van der Waals surface area contributed by atoms with Gasteiger partial charge in [-0.1, -0.05) is 17.7 Å². The van der Waals surface area contributed by atoms with Crippen LogP contribution in [-0.2, 0) is 10.0 Å². The predicted molar refractivity (Wildman–Crippen MR) is 118 cm³/mol. The molecule has 3 aromatic rings. The van der Waals surface area contributed by atoms with E-state index in [0.29, 0.717) is 22.0 Å². The highest BCUT2D eigenvalue weighted by Crippen LogP contribution is 2.25. The van der Waals surface area contributed by atoms with E-state index < -0.39 is 15.9 Å². The molecule has 0 fully saturated rings. The molecule has 0 spiro atoms. The topological polar surface area (TPSA) is 117 Å². The number of hydrogen-bond donors (Lipinski definition) is 3. The van der Waals surface area contributed by atoms with Crippen molar-refractivity contribution in [3.8, 4) is 11.5 Å². The van der Waals surface area contributed by atoms with E-state index in [4.69, 9.17) is 16.3 Å². The second-order valence-corrected chi connectivity index (χ2v) is 8.39. The SMILES string of the molecule is COc1ccc(C=NNC(=O)c2cccc(S(=O)(=O)Nc3ccc(Cl)cc3)c2)cc1O. The normalized spacial score (nSPS) is 11.3. The number of anilines is 1. The average Bonchev–Trinajstić information content (AvgIpc) is 2.75. The molecule has 0 saturated carbocycles. The van der Waals surface area contributed by atoms with Gasteiger partial charge in [-0.2, -0.15) is 5.10 Å². The third-order valence-electron chi connectivity index (χ3n) is 4.09. The van der Waals surface area contributed by atoms with Crippen LogP contribution in [0.2, 0.25) is 5.02 Å². The molecule has 31 heavy (non-hydrogen) atoms. The van der Waals surface area contributed by atoms with Gasteiger partial charge in [0, 0.05) is 16.3 Å². The van der Waals surface area contributed by atoms with Crippen LogP contribution >= 0.6 is 11.6 Å². The van der Waals surface area contributed by atoms with Crippen molar-refractivity contribution < 1.29 is 23.1 Å². The molecule has 3 aromatic carbocycles. The first-order valence-corrected chi connectivity index (χ1v) is 10.7. The van der Waals surface area contributed by atoms with Crippen LogP contribution in [0.5, 0.6) is 11.5 Å². The number of ether oxygens (including phenoxy) is 1. The fourth-order valence-corrected chi connectivity index (χ4v) is 3.78. The van der Waals surface area contributed by atoms with Gasteiger partial charge in [0.25, 0.3) is 15.9 Å². The molecular weight excluding hydrogens is 442 g/mol. The maximum atomic E-state index is 12.6. The highest BCUT2D eigenvalue weighted by atomic mass is 35.5. The summed E-state index contributed by atoms with van der Waals surface area (Å²) in [5, 5.41) is 14.1. The molecule has 1 amide bonds. The van der Waals surface area contributed by atoms with Crippen molar-refractivity contribution in [3.05, 3.63) is 82.9 Å².